The van der Waals surface area contributed by atoms with Crippen LogP contribution in [0.5, 0.6) is 0 Å². The Morgan fingerprint density at radius 1 is 1.55 bits per heavy atom. The molecule has 2 nitrogen and oxygen atoms in total. The SMILES string of the molecule is CC[S+]([O-])c1cccc(N)c1. The van der Waals surface area contributed by atoms with Gasteiger partial charge in [-0.05, 0) is 30.2 Å². The van der Waals surface area contributed by atoms with Crippen LogP contribution in [0.4, 0.5) is 5.69 Å². The highest BCUT2D eigenvalue weighted by atomic mass is 32.2. The zero-order chi connectivity index (χ0) is 8.27. The fraction of sp³-hybridized carbons (Fsp3) is 0.250. The summed E-state index contributed by atoms with van der Waals surface area (Å²) in [6, 6.07) is 7.18. The van der Waals surface area contributed by atoms with Crippen molar-refractivity contribution in [3.63, 3.8) is 0 Å². The zero-order valence-corrected chi connectivity index (χ0v) is 7.23. The van der Waals surface area contributed by atoms with Crippen molar-refractivity contribution in [3.05, 3.63) is 24.3 Å². The van der Waals surface area contributed by atoms with Gasteiger partial charge in [0.2, 0.25) is 0 Å². The third-order valence-electron chi connectivity index (χ3n) is 1.38. The smallest absolute Gasteiger partial charge is 0.154 e. The second kappa shape index (κ2) is 3.64. The van der Waals surface area contributed by atoms with Gasteiger partial charge in [0.25, 0.3) is 0 Å². The standard InChI is InChI=1S/C8H11NOS/c1-2-11(10)8-5-3-4-7(9)6-8/h3-6H,2,9H2,1H3. The summed E-state index contributed by atoms with van der Waals surface area (Å²) < 4.78 is 11.2. The Morgan fingerprint density at radius 2 is 2.27 bits per heavy atom. The molecule has 0 aliphatic heterocycles. The molecule has 0 aliphatic carbocycles. The van der Waals surface area contributed by atoms with E-state index in [4.69, 9.17) is 5.73 Å². The maximum absolute atomic E-state index is 11.2. The van der Waals surface area contributed by atoms with Crippen LogP contribution in [0.15, 0.2) is 29.2 Å². The molecule has 0 aliphatic rings. The molecule has 3 heteroatoms. The van der Waals surface area contributed by atoms with E-state index in [1.54, 1.807) is 12.1 Å². The lowest BCUT2D eigenvalue weighted by molar-refractivity contribution is 0.596. The third-order valence-corrected chi connectivity index (χ3v) is 2.69. The van der Waals surface area contributed by atoms with E-state index < -0.39 is 11.2 Å². The molecule has 1 aromatic rings. The third kappa shape index (κ3) is 2.13. The minimum atomic E-state index is -0.881. The lowest BCUT2D eigenvalue weighted by Gasteiger charge is -2.07. The highest BCUT2D eigenvalue weighted by Crippen LogP contribution is 2.13. The van der Waals surface area contributed by atoms with Crippen molar-refractivity contribution in [2.24, 2.45) is 0 Å². The van der Waals surface area contributed by atoms with Crippen LogP contribution in [0.3, 0.4) is 0 Å². The number of anilines is 1. The van der Waals surface area contributed by atoms with Gasteiger partial charge < -0.3 is 10.3 Å². The summed E-state index contributed by atoms with van der Waals surface area (Å²) in [5.41, 5.74) is 6.19. The molecule has 0 radical (unpaired) electrons. The van der Waals surface area contributed by atoms with Crippen LogP contribution in [0, 0.1) is 0 Å². The van der Waals surface area contributed by atoms with Crippen LogP contribution < -0.4 is 5.73 Å². The molecule has 0 bridgehead atoms. The van der Waals surface area contributed by atoms with Crippen LogP contribution in [0.25, 0.3) is 0 Å². The monoisotopic (exact) mass is 169 g/mol. The summed E-state index contributed by atoms with van der Waals surface area (Å²) in [6.07, 6.45) is 0. The molecule has 2 N–H and O–H groups in total. The Hall–Kier alpha value is -0.670. The van der Waals surface area contributed by atoms with Crippen LogP contribution in [0.1, 0.15) is 6.92 Å². The Balaban J connectivity index is 2.86. The first-order chi connectivity index (χ1) is 5.24. The normalized spacial score (nSPS) is 12.9. The van der Waals surface area contributed by atoms with E-state index in [0.29, 0.717) is 11.4 Å². The summed E-state index contributed by atoms with van der Waals surface area (Å²) >= 11 is -0.881. The molecule has 11 heavy (non-hydrogen) atoms. The predicted octanol–water partition coefficient (Wildman–Crippen LogP) is 1.40. The minimum Gasteiger partial charge on any atom is -0.611 e. The molecule has 0 amide bonds. The van der Waals surface area contributed by atoms with Gasteiger partial charge in [0.1, 0.15) is 5.75 Å². The van der Waals surface area contributed by atoms with Crippen molar-refractivity contribution in [3.8, 4) is 0 Å². The van der Waals surface area contributed by atoms with Gasteiger partial charge in [-0.1, -0.05) is 6.07 Å². The van der Waals surface area contributed by atoms with Crippen LogP contribution in [-0.2, 0) is 11.2 Å². The molecule has 1 rings (SSSR count). The van der Waals surface area contributed by atoms with Gasteiger partial charge in [-0.25, -0.2) is 0 Å². The first-order valence-corrected chi connectivity index (χ1v) is 4.80. The molecular formula is C8H11NOS. The molecular weight excluding hydrogens is 158 g/mol. The van der Waals surface area contributed by atoms with Crippen LogP contribution >= 0.6 is 0 Å². The Kier molecular flexibility index (Phi) is 2.79. The van der Waals surface area contributed by atoms with Gasteiger partial charge >= 0.3 is 0 Å². The zero-order valence-electron chi connectivity index (χ0n) is 6.41. The molecule has 0 heterocycles. The van der Waals surface area contributed by atoms with E-state index in [9.17, 15) is 4.55 Å². The van der Waals surface area contributed by atoms with Crippen molar-refractivity contribution in [1.29, 1.82) is 0 Å². The van der Waals surface area contributed by atoms with Crippen molar-refractivity contribution < 1.29 is 4.55 Å². The van der Waals surface area contributed by atoms with Gasteiger partial charge in [0, 0.05) is 11.8 Å². The molecule has 0 saturated heterocycles. The van der Waals surface area contributed by atoms with Gasteiger partial charge in [0.15, 0.2) is 4.90 Å². The molecule has 60 valence electrons. The van der Waals surface area contributed by atoms with Crippen molar-refractivity contribution >= 4 is 16.9 Å². The first-order valence-electron chi connectivity index (χ1n) is 3.48. The topological polar surface area (TPSA) is 49.1 Å². The fourth-order valence-corrected chi connectivity index (χ4v) is 1.65. The second-order valence-corrected chi connectivity index (χ2v) is 3.95. The fourth-order valence-electron chi connectivity index (χ4n) is 0.823. The average molecular weight is 169 g/mol. The van der Waals surface area contributed by atoms with Gasteiger partial charge in [-0.15, -0.1) is 0 Å². The lowest BCUT2D eigenvalue weighted by Crippen LogP contribution is -2.03. The van der Waals surface area contributed by atoms with E-state index in [1.807, 2.05) is 19.1 Å². The van der Waals surface area contributed by atoms with E-state index in [2.05, 4.69) is 0 Å². The van der Waals surface area contributed by atoms with Crippen LogP contribution in [0.2, 0.25) is 0 Å². The molecule has 1 unspecified atom stereocenters. The first kappa shape index (κ1) is 8.43. The summed E-state index contributed by atoms with van der Waals surface area (Å²) in [5, 5.41) is 0. The lowest BCUT2D eigenvalue weighted by atomic mass is 10.3. The van der Waals surface area contributed by atoms with E-state index in [-0.39, 0.29) is 0 Å². The molecule has 0 spiro atoms. The summed E-state index contributed by atoms with van der Waals surface area (Å²) in [4.78, 5) is 0.813. The van der Waals surface area contributed by atoms with Crippen molar-refractivity contribution in [2.45, 2.75) is 11.8 Å². The van der Waals surface area contributed by atoms with E-state index >= 15 is 0 Å². The number of nitrogens with two attached hydrogens (primary N) is 1. The van der Waals surface area contributed by atoms with Gasteiger partial charge in [-0.2, -0.15) is 0 Å². The van der Waals surface area contributed by atoms with Crippen molar-refractivity contribution in [2.75, 3.05) is 11.5 Å². The molecule has 0 aromatic heterocycles. The maximum Gasteiger partial charge on any atom is 0.154 e. The number of benzene rings is 1. The summed E-state index contributed by atoms with van der Waals surface area (Å²) in [5.74, 6) is 0.642. The highest BCUT2D eigenvalue weighted by molar-refractivity contribution is 7.91. The van der Waals surface area contributed by atoms with Gasteiger partial charge in [0.05, 0.1) is 0 Å². The number of hydrogen-bond acceptors (Lipinski definition) is 2. The number of hydrogen-bond donors (Lipinski definition) is 1. The molecule has 1 aromatic carbocycles. The summed E-state index contributed by atoms with van der Waals surface area (Å²) in [7, 11) is 0. The minimum absolute atomic E-state index is 0.642. The van der Waals surface area contributed by atoms with Gasteiger partial charge in [-0.3, -0.25) is 0 Å². The average Bonchev–Trinajstić information content (AvgIpc) is 2.03. The molecule has 0 saturated carbocycles. The van der Waals surface area contributed by atoms with E-state index in [0.717, 1.165) is 4.90 Å². The van der Waals surface area contributed by atoms with E-state index in [1.165, 1.54) is 0 Å². The second-order valence-electron chi connectivity index (χ2n) is 2.21. The quantitative estimate of drug-likeness (QED) is 0.537. The molecule has 1 atom stereocenters. The predicted molar refractivity (Wildman–Crippen MR) is 47.8 cm³/mol. The molecule has 0 fully saturated rings. The Morgan fingerprint density at radius 3 is 2.82 bits per heavy atom. The largest absolute Gasteiger partial charge is 0.611 e. The maximum atomic E-state index is 11.2. The Labute approximate surface area is 69.6 Å². The number of rotatable bonds is 2. The Bertz CT molecular complexity index is 239. The summed E-state index contributed by atoms with van der Waals surface area (Å²) in [6.45, 7) is 1.89. The number of nitrogen functional groups attached to an aromatic ring is 1. The highest BCUT2D eigenvalue weighted by Gasteiger charge is 2.06. The van der Waals surface area contributed by atoms with Crippen molar-refractivity contribution in [1.82, 2.24) is 0 Å². The van der Waals surface area contributed by atoms with Crippen LogP contribution in [-0.4, -0.2) is 10.3 Å².